The summed E-state index contributed by atoms with van der Waals surface area (Å²) in [5.41, 5.74) is 9.62. The number of amides is 1. The van der Waals surface area contributed by atoms with E-state index in [1.165, 1.54) is 7.11 Å². The number of ether oxygens (including phenoxy) is 2. The average molecular weight is 458 g/mol. The molecule has 34 heavy (non-hydrogen) atoms. The molecular weight excluding hydrogens is 430 g/mol. The first-order chi connectivity index (χ1) is 16.6. The Balaban J connectivity index is 1.57. The number of nitrogens with zero attached hydrogens (tertiary/aromatic N) is 2. The number of hydrogen-bond acceptors (Lipinski definition) is 6. The zero-order valence-electron chi connectivity index (χ0n) is 19.1. The third kappa shape index (κ3) is 7.38. The third-order valence-corrected chi connectivity index (χ3v) is 5.10. The van der Waals surface area contributed by atoms with Crippen molar-refractivity contribution in [2.75, 3.05) is 13.7 Å². The van der Waals surface area contributed by atoms with Gasteiger partial charge in [-0.3, -0.25) is 4.79 Å². The topological polar surface area (TPSA) is 107 Å². The number of primary amides is 1. The van der Waals surface area contributed by atoms with Gasteiger partial charge in [-0.05, 0) is 47.4 Å². The van der Waals surface area contributed by atoms with Gasteiger partial charge in [-0.2, -0.15) is 5.26 Å². The van der Waals surface area contributed by atoms with Gasteiger partial charge in [0, 0.05) is 12.0 Å². The van der Waals surface area contributed by atoms with Crippen molar-refractivity contribution in [2.45, 2.75) is 25.9 Å². The quantitative estimate of drug-likeness (QED) is 0.324. The molecule has 0 saturated heterocycles. The van der Waals surface area contributed by atoms with Gasteiger partial charge in [0.15, 0.2) is 0 Å². The van der Waals surface area contributed by atoms with Crippen LogP contribution in [0.2, 0.25) is 0 Å². The maximum atomic E-state index is 11.1. The van der Waals surface area contributed by atoms with Crippen LogP contribution in [0.5, 0.6) is 11.5 Å². The fraction of sp³-hybridized carbons (Fsp3) is 0.222. The second kappa shape index (κ2) is 12.7. The van der Waals surface area contributed by atoms with E-state index in [1.807, 2.05) is 72.8 Å². The third-order valence-electron chi connectivity index (χ3n) is 5.10. The Morgan fingerprint density at radius 1 is 0.971 bits per heavy atom. The van der Waals surface area contributed by atoms with Crippen LogP contribution in [0, 0.1) is 11.3 Å². The highest BCUT2D eigenvalue weighted by Crippen LogP contribution is 2.22. The standard InChI is InChI=1S/C27H27N3O4/c1-32-30-26(22-5-3-2-4-6-22)19-34-24-11-7-20(8-12-24)18-33-25-13-9-21(10-14-27(29)31)23(17-25)15-16-28/h2-9,11-13,17H,10,14-15,18-19H2,1H3,(H2,29,31). The van der Waals surface area contributed by atoms with Gasteiger partial charge in [-0.25, -0.2) is 0 Å². The van der Waals surface area contributed by atoms with Crippen molar-refractivity contribution < 1.29 is 19.1 Å². The Labute approximate surface area is 199 Å². The maximum Gasteiger partial charge on any atom is 0.217 e. The van der Waals surface area contributed by atoms with E-state index in [-0.39, 0.29) is 25.4 Å². The van der Waals surface area contributed by atoms with E-state index in [0.29, 0.717) is 30.2 Å². The van der Waals surface area contributed by atoms with Gasteiger partial charge < -0.3 is 20.0 Å². The lowest BCUT2D eigenvalue weighted by Crippen LogP contribution is -2.13. The zero-order valence-corrected chi connectivity index (χ0v) is 19.1. The smallest absolute Gasteiger partial charge is 0.217 e. The van der Waals surface area contributed by atoms with Crippen LogP contribution >= 0.6 is 0 Å². The summed E-state index contributed by atoms with van der Waals surface area (Å²) >= 11 is 0. The van der Waals surface area contributed by atoms with Crippen molar-refractivity contribution in [2.24, 2.45) is 10.9 Å². The maximum absolute atomic E-state index is 11.1. The molecule has 0 aliphatic heterocycles. The van der Waals surface area contributed by atoms with Gasteiger partial charge in [-0.1, -0.05) is 53.7 Å². The van der Waals surface area contributed by atoms with Crippen molar-refractivity contribution in [3.63, 3.8) is 0 Å². The first-order valence-corrected chi connectivity index (χ1v) is 10.9. The van der Waals surface area contributed by atoms with Crippen LogP contribution in [-0.2, 0) is 29.1 Å². The highest BCUT2D eigenvalue weighted by Gasteiger charge is 2.08. The predicted molar refractivity (Wildman–Crippen MR) is 130 cm³/mol. The van der Waals surface area contributed by atoms with Gasteiger partial charge in [0.1, 0.15) is 37.5 Å². The fourth-order valence-corrected chi connectivity index (χ4v) is 3.35. The highest BCUT2D eigenvalue weighted by molar-refractivity contribution is 6.01. The summed E-state index contributed by atoms with van der Waals surface area (Å²) in [6.07, 6.45) is 1.00. The summed E-state index contributed by atoms with van der Waals surface area (Å²) in [5.74, 6) is 1.01. The van der Waals surface area contributed by atoms with Crippen molar-refractivity contribution in [1.29, 1.82) is 5.26 Å². The van der Waals surface area contributed by atoms with Crippen LogP contribution in [0.4, 0.5) is 0 Å². The summed E-state index contributed by atoms with van der Waals surface area (Å²) < 4.78 is 11.8. The van der Waals surface area contributed by atoms with E-state index in [0.717, 1.165) is 22.3 Å². The molecule has 7 nitrogen and oxygen atoms in total. The van der Waals surface area contributed by atoms with Crippen LogP contribution in [0.25, 0.3) is 0 Å². The molecule has 7 heteroatoms. The van der Waals surface area contributed by atoms with Crippen LogP contribution in [0.3, 0.4) is 0 Å². The van der Waals surface area contributed by atoms with E-state index in [1.54, 1.807) is 0 Å². The van der Waals surface area contributed by atoms with Gasteiger partial charge >= 0.3 is 0 Å². The summed E-state index contributed by atoms with van der Waals surface area (Å²) in [4.78, 5) is 16.0. The molecule has 0 fully saturated rings. The van der Waals surface area contributed by atoms with Crippen LogP contribution in [0.15, 0.2) is 78.0 Å². The largest absolute Gasteiger partial charge is 0.489 e. The summed E-state index contributed by atoms with van der Waals surface area (Å²) in [6, 6.07) is 25.1. The zero-order chi connectivity index (χ0) is 24.2. The number of carbonyl (C=O) groups excluding carboxylic acids is 1. The number of nitriles is 1. The van der Waals surface area contributed by atoms with Gasteiger partial charge in [-0.15, -0.1) is 0 Å². The van der Waals surface area contributed by atoms with Crippen molar-refractivity contribution in [1.82, 2.24) is 0 Å². The molecule has 0 radical (unpaired) electrons. The lowest BCUT2D eigenvalue weighted by atomic mass is 10.0. The molecule has 0 heterocycles. The number of rotatable bonds is 12. The molecule has 3 rings (SSSR count). The minimum atomic E-state index is -0.363. The number of nitrogens with two attached hydrogens (primary N) is 1. The average Bonchev–Trinajstić information content (AvgIpc) is 2.86. The molecule has 0 spiro atoms. The molecule has 0 saturated carbocycles. The first kappa shape index (κ1) is 24.3. The van der Waals surface area contributed by atoms with E-state index >= 15 is 0 Å². The lowest BCUT2D eigenvalue weighted by Gasteiger charge is -2.12. The van der Waals surface area contributed by atoms with Crippen LogP contribution < -0.4 is 15.2 Å². The summed E-state index contributed by atoms with van der Waals surface area (Å²) in [6.45, 7) is 0.644. The minimum absolute atomic E-state index is 0.245. The number of carbonyl (C=O) groups is 1. The first-order valence-electron chi connectivity index (χ1n) is 10.9. The normalized spacial score (nSPS) is 10.9. The Morgan fingerprint density at radius 2 is 1.71 bits per heavy atom. The monoisotopic (exact) mass is 457 g/mol. The van der Waals surface area contributed by atoms with Crippen molar-refractivity contribution in [3.05, 3.63) is 95.1 Å². The molecular formula is C27H27N3O4. The fourth-order valence-electron chi connectivity index (χ4n) is 3.35. The molecule has 0 aromatic heterocycles. The molecule has 3 aromatic carbocycles. The van der Waals surface area contributed by atoms with Crippen LogP contribution in [-0.4, -0.2) is 25.3 Å². The van der Waals surface area contributed by atoms with E-state index in [9.17, 15) is 4.79 Å². The Hall–Kier alpha value is -4.31. The minimum Gasteiger partial charge on any atom is -0.489 e. The summed E-state index contributed by atoms with van der Waals surface area (Å²) in [7, 11) is 1.51. The molecule has 1 amide bonds. The van der Waals surface area contributed by atoms with E-state index in [4.69, 9.17) is 25.3 Å². The molecule has 0 aliphatic rings. The van der Waals surface area contributed by atoms with Crippen LogP contribution in [0.1, 0.15) is 28.7 Å². The Morgan fingerprint density at radius 3 is 2.38 bits per heavy atom. The molecule has 0 unspecified atom stereocenters. The van der Waals surface area contributed by atoms with Gasteiger partial charge in [0.2, 0.25) is 5.91 Å². The van der Waals surface area contributed by atoms with Gasteiger partial charge in [0.05, 0.1) is 12.5 Å². The second-order valence-corrected chi connectivity index (χ2v) is 7.54. The molecule has 2 N–H and O–H groups in total. The predicted octanol–water partition coefficient (Wildman–Crippen LogP) is 4.18. The Bertz CT molecular complexity index is 1150. The van der Waals surface area contributed by atoms with Gasteiger partial charge in [0.25, 0.3) is 0 Å². The number of hydrogen-bond donors (Lipinski definition) is 1. The molecule has 0 aliphatic carbocycles. The SMILES string of the molecule is CON=C(COc1ccc(COc2ccc(CCC(N)=O)c(CC#N)c2)cc1)c1ccccc1. The number of aryl methyl sites for hydroxylation is 1. The summed E-state index contributed by atoms with van der Waals surface area (Å²) in [5, 5.41) is 13.2. The number of benzene rings is 3. The highest BCUT2D eigenvalue weighted by atomic mass is 16.6. The molecule has 174 valence electrons. The Kier molecular flexibility index (Phi) is 9.06. The molecule has 3 aromatic rings. The van der Waals surface area contributed by atoms with Crippen molar-refractivity contribution in [3.8, 4) is 17.6 Å². The number of oxime groups is 1. The van der Waals surface area contributed by atoms with E-state index < -0.39 is 0 Å². The second-order valence-electron chi connectivity index (χ2n) is 7.54. The molecule has 0 bridgehead atoms. The van der Waals surface area contributed by atoms with Crippen molar-refractivity contribution >= 4 is 11.6 Å². The van der Waals surface area contributed by atoms with E-state index in [2.05, 4.69) is 11.2 Å². The molecule has 0 atom stereocenters. The lowest BCUT2D eigenvalue weighted by molar-refractivity contribution is -0.117.